The second kappa shape index (κ2) is 7.43. The van der Waals surface area contributed by atoms with Crippen LogP contribution in [0.3, 0.4) is 0 Å². The molecule has 0 aliphatic rings. The van der Waals surface area contributed by atoms with Crippen LogP contribution in [0.25, 0.3) is 0 Å². The molecule has 0 aliphatic carbocycles. The van der Waals surface area contributed by atoms with Gasteiger partial charge in [-0.05, 0) is 33.3 Å². The Morgan fingerprint density at radius 1 is 1.37 bits per heavy atom. The molecule has 3 N–H and O–H groups in total. The van der Waals surface area contributed by atoms with Crippen LogP contribution in [-0.2, 0) is 14.1 Å². The van der Waals surface area contributed by atoms with Gasteiger partial charge >= 0.3 is 12.1 Å². The number of alkyl carbamates (subject to hydrolysis) is 1. The second-order valence-electron chi connectivity index (χ2n) is 4.80. The van der Waals surface area contributed by atoms with Crippen LogP contribution in [0.2, 0.25) is 0 Å². The summed E-state index contributed by atoms with van der Waals surface area (Å²) in [4.78, 5) is 22.6. The van der Waals surface area contributed by atoms with E-state index < -0.39 is 30.4 Å². The Hall–Kier alpha value is -1.17. The Morgan fingerprint density at radius 3 is 2.21 bits per heavy atom. The van der Waals surface area contributed by atoms with Crippen LogP contribution in [0.15, 0.2) is 11.3 Å². The largest absolute Gasteiger partial charge is 0.477 e. The number of aliphatic hydroxyl groups is 1. The predicted octanol–water partition coefficient (Wildman–Crippen LogP) is 1.04. The predicted molar refractivity (Wildman–Crippen MR) is 71.4 cm³/mol. The van der Waals surface area contributed by atoms with Gasteiger partial charge in [-0.15, -0.1) is 0 Å². The molecule has 1 unspecified atom stereocenters. The summed E-state index contributed by atoms with van der Waals surface area (Å²) in [7, 11) is 1.93. The van der Waals surface area contributed by atoms with Crippen LogP contribution in [0.5, 0.6) is 0 Å². The van der Waals surface area contributed by atoms with E-state index in [0.717, 1.165) is 0 Å². The van der Waals surface area contributed by atoms with Crippen molar-refractivity contribution in [3.63, 3.8) is 0 Å². The molecule has 0 spiro atoms. The van der Waals surface area contributed by atoms with Gasteiger partial charge in [0.2, 0.25) is 0 Å². The van der Waals surface area contributed by atoms with Gasteiger partial charge in [0, 0.05) is 9.47 Å². The van der Waals surface area contributed by atoms with Crippen LogP contribution in [0.4, 0.5) is 4.79 Å². The maximum absolute atomic E-state index is 11.5. The van der Waals surface area contributed by atoms with E-state index in [1.807, 2.05) is 9.47 Å². The van der Waals surface area contributed by atoms with Gasteiger partial charge in [-0.3, -0.25) is 5.32 Å². The first kappa shape index (κ1) is 17.8. The zero-order valence-corrected chi connectivity index (χ0v) is 12.5. The molecule has 19 heavy (non-hydrogen) atoms. The molecule has 0 fully saturated rings. The van der Waals surface area contributed by atoms with Gasteiger partial charge in [-0.1, -0.05) is 0 Å². The summed E-state index contributed by atoms with van der Waals surface area (Å²) < 4.78 is 9.79. The van der Waals surface area contributed by atoms with Crippen molar-refractivity contribution in [2.75, 3.05) is 6.61 Å². The molecule has 110 valence electrons. The summed E-state index contributed by atoms with van der Waals surface area (Å²) >= 11 is 0. The minimum Gasteiger partial charge on any atom is -0.477 e. The molecule has 2 atom stereocenters. The number of hydrogen-bond donors (Lipinski definition) is 3. The molecule has 7 nitrogen and oxygen atoms in total. The second-order valence-corrected chi connectivity index (χ2v) is 5.07. The van der Waals surface area contributed by atoms with Gasteiger partial charge in [0.25, 0.3) is 0 Å². The van der Waals surface area contributed by atoms with Gasteiger partial charge in [-0.2, -0.15) is 0 Å². The maximum Gasteiger partial charge on any atom is 0.412 e. The summed E-state index contributed by atoms with van der Waals surface area (Å²) in [5.41, 5.74) is -0.943. The first-order valence-corrected chi connectivity index (χ1v) is 6.00. The minimum absolute atomic E-state index is 0.177. The van der Waals surface area contributed by atoms with Crippen molar-refractivity contribution in [2.24, 2.45) is 0 Å². The number of aliphatic carboxylic acids is 1. The number of aliphatic hydroxyl groups excluding tert-OH is 1. The number of amides is 1. The number of carboxylic acids is 1. The summed E-state index contributed by atoms with van der Waals surface area (Å²) in [6, 6.07) is 0. The third-order valence-electron chi connectivity index (χ3n) is 2.05. The fraction of sp³-hybridized carbons (Fsp3) is 0.636. The van der Waals surface area contributed by atoms with Crippen LogP contribution >= 0.6 is 9.47 Å². The van der Waals surface area contributed by atoms with Crippen molar-refractivity contribution < 1.29 is 29.1 Å². The number of carbonyl (C=O) groups excluding carboxylic acids is 1. The highest BCUT2D eigenvalue weighted by Gasteiger charge is 2.23. The van der Waals surface area contributed by atoms with E-state index >= 15 is 0 Å². The molecule has 0 bridgehead atoms. The first-order valence-electron chi connectivity index (χ1n) is 5.52. The molecular formula is C11H20NO6P. The highest BCUT2D eigenvalue weighted by Crippen LogP contribution is 2.14. The summed E-state index contributed by atoms with van der Waals surface area (Å²) in [6.45, 7) is 6.00. The Bertz CT molecular complexity index is 370. The highest BCUT2D eigenvalue weighted by atomic mass is 31.0. The molecular weight excluding hydrogens is 273 g/mol. The molecule has 0 aromatic heterocycles. The molecule has 0 aliphatic heterocycles. The van der Waals surface area contributed by atoms with E-state index in [4.69, 9.17) is 19.5 Å². The van der Waals surface area contributed by atoms with Crippen molar-refractivity contribution in [3.05, 3.63) is 11.3 Å². The highest BCUT2D eigenvalue weighted by molar-refractivity contribution is 7.09. The van der Waals surface area contributed by atoms with E-state index in [-0.39, 0.29) is 11.3 Å². The lowest BCUT2D eigenvalue weighted by atomic mass is 10.1. The quantitative estimate of drug-likeness (QED) is 0.516. The summed E-state index contributed by atoms with van der Waals surface area (Å²) in [5, 5.41) is 20.2. The smallest absolute Gasteiger partial charge is 0.412 e. The number of carboxylic acid groups (broad SMARTS) is 1. The van der Waals surface area contributed by atoms with Gasteiger partial charge < -0.3 is 19.5 Å². The van der Waals surface area contributed by atoms with Crippen LogP contribution in [0.1, 0.15) is 27.7 Å². The van der Waals surface area contributed by atoms with E-state index in [2.05, 4.69) is 5.32 Å². The van der Waals surface area contributed by atoms with E-state index in [0.29, 0.717) is 0 Å². The molecule has 1 amide bonds. The summed E-state index contributed by atoms with van der Waals surface area (Å²) in [6.07, 6.45) is -1.73. The van der Waals surface area contributed by atoms with Crippen LogP contribution < -0.4 is 5.32 Å². The Morgan fingerprint density at radius 2 is 1.89 bits per heavy atom. The number of hydrogen-bond acceptors (Lipinski definition) is 5. The van der Waals surface area contributed by atoms with Crippen molar-refractivity contribution in [1.29, 1.82) is 0 Å². The average molecular weight is 293 g/mol. The van der Waals surface area contributed by atoms with Crippen molar-refractivity contribution in [1.82, 2.24) is 5.32 Å². The number of nitrogens with one attached hydrogen (secondary N) is 1. The molecule has 8 heteroatoms. The van der Waals surface area contributed by atoms with Crippen LogP contribution in [0, 0.1) is 0 Å². The van der Waals surface area contributed by atoms with E-state index in [9.17, 15) is 9.59 Å². The van der Waals surface area contributed by atoms with Crippen molar-refractivity contribution >= 4 is 21.5 Å². The lowest BCUT2D eigenvalue weighted by Crippen LogP contribution is -2.36. The fourth-order valence-electron chi connectivity index (χ4n) is 1.17. The molecule has 0 aromatic carbocycles. The average Bonchev–Trinajstić information content (AvgIpc) is 2.24. The zero-order chi connectivity index (χ0) is 15.2. The maximum atomic E-state index is 11.5. The van der Waals surface area contributed by atoms with Crippen molar-refractivity contribution in [3.8, 4) is 0 Å². The topological polar surface area (TPSA) is 105 Å². The van der Waals surface area contributed by atoms with E-state index in [1.165, 1.54) is 6.92 Å². The Balaban J connectivity index is 5.09. The minimum atomic E-state index is -1.34. The molecule has 0 saturated carbocycles. The zero-order valence-electron chi connectivity index (χ0n) is 11.4. The van der Waals surface area contributed by atoms with Gasteiger partial charge in [-0.25, -0.2) is 9.59 Å². The molecule has 0 radical (unpaired) electrons. The third-order valence-corrected chi connectivity index (χ3v) is 2.38. The molecule has 0 heterocycles. The molecule has 0 saturated heterocycles. The SMILES string of the molecule is C/C(=C(/NC(=O)OC(C)(C)C)C(=O)O)[C@@H](CO)OP. The van der Waals surface area contributed by atoms with Gasteiger partial charge in [0.1, 0.15) is 17.4 Å². The number of carbonyl (C=O) groups is 2. The normalized spacial score (nSPS) is 14.4. The van der Waals surface area contributed by atoms with Gasteiger partial charge in [0.15, 0.2) is 0 Å². The lowest BCUT2D eigenvalue weighted by Gasteiger charge is -2.21. The standard InChI is InChI=1S/C11H20NO6P/c1-6(7(5-13)18-19)8(9(14)15)12-10(16)17-11(2,3)4/h7,13H,5,19H2,1-4H3,(H,12,16)(H,14,15)/b8-6-/t7-/m1/s1. The van der Waals surface area contributed by atoms with E-state index in [1.54, 1.807) is 20.8 Å². The Kier molecular flexibility index (Phi) is 6.97. The van der Waals surface area contributed by atoms with Gasteiger partial charge in [0.05, 0.1) is 6.61 Å². The third kappa shape index (κ3) is 6.52. The first-order chi connectivity index (χ1) is 8.62. The molecule has 0 aromatic rings. The number of rotatable bonds is 5. The molecule has 0 rings (SSSR count). The Labute approximate surface area is 114 Å². The van der Waals surface area contributed by atoms with Crippen LogP contribution in [-0.4, -0.2) is 40.6 Å². The summed E-state index contributed by atoms with van der Waals surface area (Å²) in [5.74, 6) is -1.34. The fourth-order valence-corrected chi connectivity index (χ4v) is 1.46. The number of ether oxygens (including phenoxy) is 1. The monoisotopic (exact) mass is 293 g/mol. The lowest BCUT2D eigenvalue weighted by molar-refractivity contribution is -0.133. The van der Waals surface area contributed by atoms with Crippen molar-refractivity contribution in [2.45, 2.75) is 39.4 Å².